The zero-order valence-corrected chi connectivity index (χ0v) is 15.2. The Kier molecular flexibility index (Phi) is 6.35. The molecule has 0 radical (unpaired) electrons. The van der Waals surface area contributed by atoms with Crippen molar-refractivity contribution < 1.29 is 8.42 Å². The van der Waals surface area contributed by atoms with Gasteiger partial charge in [0.25, 0.3) is 10.0 Å². The number of aromatic nitrogens is 2. The lowest BCUT2D eigenvalue weighted by molar-refractivity contribution is 0.601. The number of anilines is 2. The molecule has 0 spiro atoms. The molecule has 124 valence electrons. The molecule has 1 aromatic heterocycles. The molecule has 8 heteroatoms. The summed E-state index contributed by atoms with van der Waals surface area (Å²) in [5.41, 5.74) is 0. The van der Waals surface area contributed by atoms with Gasteiger partial charge in [0.1, 0.15) is 5.82 Å². The summed E-state index contributed by atoms with van der Waals surface area (Å²) in [5.74, 6) is 0.819. The molecule has 0 fully saturated rings. The van der Waals surface area contributed by atoms with Crippen LogP contribution < -0.4 is 10.0 Å². The number of benzene rings is 1. The second kappa shape index (κ2) is 8.26. The highest BCUT2D eigenvalue weighted by Gasteiger charge is 2.14. The minimum absolute atomic E-state index is 0.171. The molecule has 23 heavy (non-hydrogen) atoms. The van der Waals surface area contributed by atoms with Gasteiger partial charge in [-0.25, -0.2) is 8.42 Å². The van der Waals surface area contributed by atoms with Crippen LogP contribution in [0, 0.1) is 0 Å². The van der Waals surface area contributed by atoms with Crippen molar-refractivity contribution in [1.82, 2.24) is 10.2 Å². The molecule has 2 aromatic rings. The van der Waals surface area contributed by atoms with Crippen LogP contribution in [-0.4, -0.2) is 25.2 Å². The lowest BCUT2D eigenvalue weighted by Crippen LogP contribution is -2.14. The van der Waals surface area contributed by atoms with Crippen LogP contribution in [0.4, 0.5) is 11.6 Å². The summed E-state index contributed by atoms with van der Waals surface area (Å²) in [4.78, 5) is 0.171. The van der Waals surface area contributed by atoms with Crippen molar-refractivity contribution in [2.75, 3.05) is 16.6 Å². The molecule has 2 N–H and O–H groups in total. The van der Waals surface area contributed by atoms with Gasteiger partial charge >= 0.3 is 0 Å². The topological polar surface area (TPSA) is 84.0 Å². The highest BCUT2D eigenvalue weighted by Crippen LogP contribution is 2.17. The van der Waals surface area contributed by atoms with Gasteiger partial charge < -0.3 is 5.32 Å². The smallest absolute Gasteiger partial charge is 0.263 e. The van der Waals surface area contributed by atoms with Crippen LogP contribution in [-0.2, 0) is 10.0 Å². The van der Waals surface area contributed by atoms with Crippen LogP contribution in [0.1, 0.15) is 26.2 Å². The molecule has 0 atom stereocenters. The number of hydrogen-bond donors (Lipinski definition) is 2. The van der Waals surface area contributed by atoms with E-state index in [0.717, 1.165) is 30.3 Å². The third-order valence-corrected chi connectivity index (χ3v) is 5.01. The van der Waals surface area contributed by atoms with Crippen LogP contribution in [0.5, 0.6) is 0 Å². The normalized spacial score (nSPS) is 11.2. The average Bonchev–Trinajstić information content (AvgIpc) is 2.53. The fourth-order valence-corrected chi connectivity index (χ4v) is 3.14. The second-order valence-corrected chi connectivity index (χ2v) is 7.60. The summed E-state index contributed by atoms with van der Waals surface area (Å²) in [6.07, 6.45) is 3.38. The van der Waals surface area contributed by atoms with Crippen LogP contribution in [0.15, 0.2) is 45.8 Å². The Hall–Kier alpha value is -1.67. The molecule has 6 nitrogen and oxygen atoms in total. The predicted octanol–water partition coefficient (Wildman–Crippen LogP) is 3.64. The molecule has 0 unspecified atom stereocenters. The first kappa shape index (κ1) is 17.7. The summed E-state index contributed by atoms with van der Waals surface area (Å²) in [6.45, 7) is 2.97. The van der Waals surface area contributed by atoms with Gasteiger partial charge in [-0.1, -0.05) is 35.7 Å². The Labute approximate surface area is 144 Å². The first-order valence-electron chi connectivity index (χ1n) is 7.37. The molecule has 0 saturated carbocycles. The van der Waals surface area contributed by atoms with E-state index < -0.39 is 10.0 Å². The molecule has 0 aliphatic carbocycles. The highest BCUT2D eigenvalue weighted by molar-refractivity contribution is 9.10. The van der Waals surface area contributed by atoms with Gasteiger partial charge in [0.15, 0.2) is 5.82 Å². The number of halogens is 1. The van der Waals surface area contributed by atoms with E-state index in [1.807, 2.05) is 0 Å². The molecule has 1 heterocycles. The standard InChI is InChI=1S/C15H19BrN4O2S/c1-2-3-4-11-17-14-9-10-15(19-18-14)20-23(21,22)13-7-5-12(16)6-8-13/h5-10H,2-4,11H2,1H3,(H,17,18)(H,19,20). The molecular formula is C15H19BrN4O2S. The first-order valence-corrected chi connectivity index (χ1v) is 9.65. The zero-order chi connectivity index (χ0) is 16.7. The fourth-order valence-electron chi connectivity index (χ4n) is 1.88. The van der Waals surface area contributed by atoms with E-state index in [1.165, 1.54) is 12.1 Å². The van der Waals surface area contributed by atoms with Crippen LogP contribution in [0.3, 0.4) is 0 Å². The van der Waals surface area contributed by atoms with E-state index in [0.29, 0.717) is 5.82 Å². The molecular weight excluding hydrogens is 380 g/mol. The molecule has 0 aliphatic rings. The predicted molar refractivity (Wildman–Crippen MR) is 95.0 cm³/mol. The van der Waals surface area contributed by atoms with Gasteiger partial charge in [-0.2, -0.15) is 0 Å². The number of unbranched alkanes of at least 4 members (excludes halogenated alkanes) is 2. The SMILES string of the molecule is CCCCCNc1ccc(NS(=O)(=O)c2ccc(Br)cc2)nn1. The maximum atomic E-state index is 12.2. The number of rotatable bonds is 8. The monoisotopic (exact) mass is 398 g/mol. The second-order valence-electron chi connectivity index (χ2n) is 5.00. The Morgan fingerprint density at radius 2 is 1.65 bits per heavy atom. The number of sulfonamides is 1. The summed E-state index contributed by atoms with van der Waals surface area (Å²) in [7, 11) is -3.66. The summed E-state index contributed by atoms with van der Waals surface area (Å²) >= 11 is 3.27. The van der Waals surface area contributed by atoms with E-state index in [9.17, 15) is 8.42 Å². The minimum Gasteiger partial charge on any atom is -0.369 e. The summed E-state index contributed by atoms with van der Waals surface area (Å²) in [5, 5.41) is 11.0. The van der Waals surface area contributed by atoms with Gasteiger partial charge in [-0.3, -0.25) is 4.72 Å². The maximum Gasteiger partial charge on any atom is 0.263 e. The third kappa shape index (κ3) is 5.47. The van der Waals surface area contributed by atoms with Crippen molar-refractivity contribution in [3.05, 3.63) is 40.9 Å². The van der Waals surface area contributed by atoms with Gasteiger partial charge in [0, 0.05) is 11.0 Å². The van der Waals surface area contributed by atoms with E-state index in [-0.39, 0.29) is 10.7 Å². The average molecular weight is 399 g/mol. The van der Waals surface area contributed by atoms with Gasteiger partial charge in [0.2, 0.25) is 0 Å². The quantitative estimate of drug-likeness (QED) is 0.662. The van der Waals surface area contributed by atoms with Crippen molar-refractivity contribution in [2.24, 2.45) is 0 Å². The Morgan fingerprint density at radius 1 is 1.00 bits per heavy atom. The Balaban J connectivity index is 1.98. The summed E-state index contributed by atoms with van der Waals surface area (Å²) < 4.78 is 27.7. The molecule has 0 aliphatic heterocycles. The highest BCUT2D eigenvalue weighted by atomic mass is 79.9. The number of hydrogen-bond acceptors (Lipinski definition) is 5. The zero-order valence-electron chi connectivity index (χ0n) is 12.8. The van der Waals surface area contributed by atoms with Crippen molar-refractivity contribution in [3.8, 4) is 0 Å². The molecule has 1 aromatic carbocycles. The lowest BCUT2D eigenvalue weighted by atomic mass is 10.2. The molecule has 0 saturated heterocycles. The van der Waals surface area contributed by atoms with Crippen LogP contribution in [0.25, 0.3) is 0 Å². The van der Waals surface area contributed by atoms with Gasteiger partial charge in [-0.15, -0.1) is 10.2 Å². The number of nitrogens with one attached hydrogen (secondary N) is 2. The first-order chi connectivity index (χ1) is 11.0. The molecule has 0 amide bonds. The van der Waals surface area contributed by atoms with E-state index in [2.05, 4.69) is 43.1 Å². The summed E-state index contributed by atoms with van der Waals surface area (Å²) in [6, 6.07) is 9.67. The van der Waals surface area contributed by atoms with Gasteiger partial charge in [-0.05, 0) is 42.8 Å². The lowest BCUT2D eigenvalue weighted by Gasteiger charge is -2.08. The van der Waals surface area contributed by atoms with Crippen molar-refractivity contribution in [3.63, 3.8) is 0 Å². The van der Waals surface area contributed by atoms with Crippen LogP contribution in [0.2, 0.25) is 0 Å². The maximum absolute atomic E-state index is 12.2. The molecule has 2 rings (SSSR count). The fraction of sp³-hybridized carbons (Fsp3) is 0.333. The van der Waals surface area contributed by atoms with E-state index >= 15 is 0 Å². The minimum atomic E-state index is -3.66. The third-order valence-electron chi connectivity index (χ3n) is 3.11. The van der Waals surface area contributed by atoms with Crippen molar-refractivity contribution in [1.29, 1.82) is 0 Å². The number of nitrogens with zero attached hydrogens (tertiary/aromatic N) is 2. The van der Waals surface area contributed by atoms with E-state index in [1.54, 1.807) is 24.3 Å². The molecule has 0 bridgehead atoms. The van der Waals surface area contributed by atoms with Gasteiger partial charge in [0.05, 0.1) is 4.90 Å². The Bertz CT molecular complexity index is 718. The van der Waals surface area contributed by atoms with Crippen molar-refractivity contribution >= 4 is 37.6 Å². The van der Waals surface area contributed by atoms with E-state index in [4.69, 9.17) is 0 Å². The van der Waals surface area contributed by atoms with Crippen molar-refractivity contribution in [2.45, 2.75) is 31.1 Å². The largest absolute Gasteiger partial charge is 0.369 e. The Morgan fingerprint density at radius 3 is 2.26 bits per heavy atom. The van der Waals surface area contributed by atoms with Crippen LogP contribution >= 0.6 is 15.9 Å².